The van der Waals surface area contributed by atoms with Crippen LogP contribution in [0.3, 0.4) is 0 Å². The quantitative estimate of drug-likeness (QED) is 0.687. The summed E-state index contributed by atoms with van der Waals surface area (Å²) in [5.41, 5.74) is 1.18. The number of hydrogen-bond donors (Lipinski definition) is 0. The van der Waals surface area contributed by atoms with E-state index in [0.29, 0.717) is 13.1 Å². The van der Waals surface area contributed by atoms with Crippen LogP contribution in [0.5, 0.6) is 5.75 Å². The number of carbonyl (C=O) groups excluding carboxylic acids is 1. The molecule has 1 amide bonds. The van der Waals surface area contributed by atoms with E-state index < -0.39 is 5.82 Å². The van der Waals surface area contributed by atoms with Crippen molar-refractivity contribution in [3.63, 3.8) is 0 Å². The molecule has 0 aliphatic rings. The first-order chi connectivity index (χ1) is 12.5. The summed E-state index contributed by atoms with van der Waals surface area (Å²) < 4.78 is 19.0. The molecule has 0 radical (unpaired) electrons. The van der Waals surface area contributed by atoms with Gasteiger partial charge in [0.2, 0.25) is 5.91 Å². The summed E-state index contributed by atoms with van der Waals surface area (Å²) >= 11 is 0. The molecule has 0 bridgehead atoms. The first kappa shape index (κ1) is 19.9. The largest absolute Gasteiger partial charge is 0.489 e. The number of rotatable bonds is 9. The molecule has 0 saturated carbocycles. The van der Waals surface area contributed by atoms with Crippen LogP contribution in [0.4, 0.5) is 4.39 Å². The summed E-state index contributed by atoms with van der Waals surface area (Å²) in [5, 5.41) is 0. The topological polar surface area (TPSA) is 32.8 Å². The molecule has 5 heteroatoms. The highest BCUT2D eigenvalue weighted by atomic mass is 19.1. The molecule has 0 spiro atoms. The number of nitrogens with zero attached hydrogens (tertiary/aromatic N) is 2. The third-order valence-corrected chi connectivity index (χ3v) is 4.24. The summed E-state index contributed by atoms with van der Waals surface area (Å²) in [6, 6.07) is 16.6. The number of hydrogen-bond acceptors (Lipinski definition) is 3. The van der Waals surface area contributed by atoms with Crippen molar-refractivity contribution in [2.75, 3.05) is 26.7 Å². The molecule has 0 aliphatic heterocycles. The zero-order valence-corrected chi connectivity index (χ0v) is 15.7. The maximum atomic E-state index is 13.5. The number of amides is 1. The molecule has 26 heavy (non-hydrogen) atoms. The van der Waals surface area contributed by atoms with Crippen molar-refractivity contribution in [1.29, 1.82) is 0 Å². The van der Waals surface area contributed by atoms with E-state index in [1.165, 1.54) is 11.6 Å². The Kier molecular flexibility index (Phi) is 7.60. The van der Waals surface area contributed by atoms with Gasteiger partial charge in [-0.2, -0.15) is 0 Å². The van der Waals surface area contributed by atoms with Gasteiger partial charge in [0, 0.05) is 19.6 Å². The number of halogens is 1. The maximum absolute atomic E-state index is 13.5. The molecule has 0 heterocycles. The van der Waals surface area contributed by atoms with Crippen LogP contribution >= 0.6 is 0 Å². The zero-order chi connectivity index (χ0) is 18.9. The molecule has 0 unspecified atom stereocenters. The molecule has 0 N–H and O–H groups in total. The van der Waals surface area contributed by atoms with Crippen LogP contribution in [0.25, 0.3) is 0 Å². The smallest absolute Gasteiger partial charge is 0.236 e. The predicted molar refractivity (Wildman–Crippen MR) is 102 cm³/mol. The lowest BCUT2D eigenvalue weighted by atomic mass is 10.2. The molecular weight excluding hydrogens is 331 g/mol. The SMILES string of the molecule is CC(C)N(CC(=O)N(C)CCOc1ccccc1F)Cc1ccccc1. The Morgan fingerprint density at radius 3 is 2.38 bits per heavy atom. The minimum atomic E-state index is -0.393. The van der Waals surface area contributed by atoms with Gasteiger partial charge in [-0.3, -0.25) is 9.69 Å². The number of carbonyl (C=O) groups is 1. The predicted octanol–water partition coefficient (Wildman–Crippen LogP) is 3.57. The molecule has 0 aromatic heterocycles. The van der Waals surface area contributed by atoms with Crippen molar-refractivity contribution in [3.05, 3.63) is 66.0 Å². The Bertz CT molecular complexity index is 691. The zero-order valence-electron chi connectivity index (χ0n) is 15.7. The maximum Gasteiger partial charge on any atom is 0.236 e. The highest BCUT2D eigenvalue weighted by molar-refractivity contribution is 5.78. The Balaban J connectivity index is 1.83. The molecule has 2 rings (SSSR count). The molecule has 4 nitrogen and oxygen atoms in total. The van der Waals surface area contributed by atoms with Crippen LogP contribution < -0.4 is 4.74 Å². The van der Waals surface area contributed by atoms with Crippen molar-refractivity contribution in [3.8, 4) is 5.75 Å². The van der Waals surface area contributed by atoms with Gasteiger partial charge < -0.3 is 9.64 Å². The van der Waals surface area contributed by atoms with Gasteiger partial charge >= 0.3 is 0 Å². The van der Waals surface area contributed by atoms with Crippen molar-refractivity contribution in [1.82, 2.24) is 9.80 Å². The van der Waals surface area contributed by atoms with E-state index in [1.807, 2.05) is 18.2 Å². The molecular formula is C21H27FN2O2. The van der Waals surface area contributed by atoms with Gasteiger partial charge in [0.25, 0.3) is 0 Å². The number of benzene rings is 2. The fraction of sp³-hybridized carbons (Fsp3) is 0.381. The summed E-state index contributed by atoms with van der Waals surface area (Å²) in [4.78, 5) is 16.3. The second kappa shape index (κ2) is 9.92. The Morgan fingerprint density at radius 2 is 1.73 bits per heavy atom. The van der Waals surface area contributed by atoms with Crippen LogP contribution in [0.15, 0.2) is 54.6 Å². The fourth-order valence-corrected chi connectivity index (χ4v) is 2.51. The second-order valence-electron chi connectivity index (χ2n) is 6.58. The molecule has 2 aromatic rings. The average molecular weight is 358 g/mol. The minimum Gasteiger partial charge on any atom is -0.489 e. The van der Waals surface area contributed by atoms with Crippen molar-refractivity contribution >= 4 is 5.91 Å². The van der Waals surface area contributed by atoms with Crippen molar-refractivity contribution in [2.45, 2.75) is 26.4 Å². The van der Waals surface area contributed by atoms with E-state index in [-0.39, 0.29) is 24.3 Å². The minimum absolute atomic E-state index is 0.0202. The molecule has 140 valence electrons. The van der Waals surface area contributed by atoms with Crippen LogP contribution in [0.2, 0.25) is 0 Å². The van der Waals surface area contributed by atoms with Gasteiger partial charge in [-0.15, -0.1) is 0 Å². The van der Waals surface area contributed by atoms with E-state index in [2.05, 4.69) is 30.9 Å². The first-order valence-electron chi connectivity index (χ1n) is 8.86. The van der Waals surface area contributed by atoms with Crippen LogP contribution in [-0.4, -0.2) is 48.5 Å². The van der Waals surface area contributed by atoms with E-state index in [0.717, 1.165) is 6.54 Å². The monoisotopic (exact) mass is 358 g/mol. The van der Waals surface area contributed by atoms with E-state index >= 15 is 0 Å². The summed E-state index contributed by atoms with van der Waals surface area (Å²) in [7, 11) is 1.74. The van der Waals surface area contributed by atoms with Gasteiger partial charge in [0.1, 0.15) is 6.61 Å². The summed E-state index contributed by atoms with van der Waals surface area (Å²) in [6.07, 6.45) is 0. The Hall–Kier alpha value is -2.40. The lowest BCUT2D eigenvalue weighted by Crippen LogP contribution is -2.42. The van der Waals surface area contributed by atoms with E-state index in [4.69, 9.17) is 4.74 Å². The number of likely N-dealkylation sites (N-methyl/N-ethyl adjacent to an activating group) is 1. The highest BCUT2D eigenvalue weighted by Crippen LogP contribution is 2.15. The standard InChI is InChI=1S/C21H27FN2O2/c1-17(2)24(15-18-9-5-4-6-10-18)16-21(25)23(3)13-14-26-20-12-8-7-11-19(20)22/h4-12,17H,13-16H2,1-3H3. The summed E-state index contributed by atoms with van der Waals surface area (Å²) in [5.74, 6) is -0.164. The fourth-order valence-electron chi connectivity index (χ4n) is 2.51. The van der Waals surface area contributed by atoms with Crippen molar-refractivity contribution < 1.29 is 13.9 Å². The van der Waals surface area contributed by atoms with E-state index in [1.54, 1.807) is 30.1 Å². The number of para-hydroxylation sites is 1. The van der Waals surface area contributed by atoms with Crippen LogP contribution in [0.1, 0.15) is 19.4 Å². The van der Waals surface area contributed by atoms with Gasteiger partial charge in [-0.25, -0.2) is 4.39 Å². The highest BCUT2D eigenvalue weighted by Gasteiger charge is 2.17. The normalized spacial score (nSPS) is 11.0. The molecule has 0 saturated heterocycles. The molecule has 0 fully saturated rings. The van der Waals surface area contributed by atoms with E-state index in [9.17, 15) is 9.18 Å². The summed E-state index contributed by atoms with van der Waals surface area (Å²) in [6.45, 7) is 5.88. The Labute approximate surface area is 155 Å². The lowest BCUT2D eigenvalue weighted by molar-refractivity contribution is -0.132. The number of ether oxygens (including phenoxy) is 1. The molecule has 0 aliphatic carbocycles. The average Bonchev–Trinajstić information content (AvgIpc) is 2.63. The lowest BCUT2D eigenvalue weighted by Gasteiger charge is -2.28. The first-order valence-corrected chi connectivity index (χ1v) is 8.86. The Morgan fingerprint density at radius 1 is 1.08 bits per heavy atom. The van der Waals surface area contributed by atoms with Crippen molar-refractivity contribution in [2.24, 2.45) is 0 Å². The van der Waals surface area contributed by atoms with Crippen LogP contribution in [-0.2, 0) is 11.3 Å². The molecule has 2 aromatic carbocycles. The molecule has 0 atom stereocenters. The van der Waals surface area contributed by atoms with Gasteiger partial charge in [-0.05, 0) is 31.5 Å². The van der Waals surface area contributed by atoms with Gasteiger partial charge in [-0.1, -0.05) is 42.5 Å². The third-order valence-electron chi connectivity index (χ3n) is 4.24. The van der Waals surface area contributed by atoms with Crippen LogP contribution in [0, 0.1) is 5.82 Å². The van der Waals surface area contributed by atoms with Gasteiger partial charge in [0.05, 0.1) is 13.1 Å². The second-order valence-corrected chi connectivity index (χ2v) is 6.58. The van der Waals surface area contributed by atoms with Gasteiger partial charge in [0.15, 0.2) is 11.6 Å². The third kappa shape index (κ3) is 6.15.